The predicted octanol–water partition coefficient (Wildman–Crippen LogP) is 0.459. The zero-order valence-corrected chi connectivity index (χ0v) is 12.6. The molecular weight excluding hydrogens is 242 g/mol. The highest BCUT2D eigenvalue weighted by atomic mass is 16.5. The van der Waals surface area contributed by atoms with Crippen molar-refractivity contribution in [1.29, 1.82) is 0 Å². The second-order valence-electron chi connectivity index (χ2n) is 5.48. The van der Waals surface area contributed by atoms with E-state index in [0.29, 0.717) is 25.6 Å². The van der Waals surface area contributed by atoms with E-state index in [1.807, 2.05) is 0 Å². The first-order chi connectivity index (χ1) is 9.13. The van der Waals surface area contributed by atoms with Crippen molar-refractivity contribution in [3.05, 3.63) is 0 Å². The molecule has 0 saturated carbocycles. The Morgan fingerprint density at radius 2 is 2.05 bits per heavy atom. The van der Waals surface area contributed by atoms with Gasteiger partial charge in [-0.2, -0.15) is 0 Å². The Kier molecular flexibility index (Phi) is 8.02. The molecule has 0 aliphatic carbocycles. The number of piperidine rings is 1. The fraction of sp³-hybridized carbons (Fsp3) is 0.929. The van der Waals surface area contributed by atoms with Crippen LogP contribution in [0.3, 0.4) is 0 Å². The first-order valence-corrected chi connectivity index (χ1v) is 7.31. The van der Waals surface area contributed by atoms with E-state index in [1.165, 1.54) is 25.9 Å². The fourth-order valence-electron chi connectivity index (χ4n) is 2.49. The lowest BCUT2D eigenvalue weighted by Crippen LogP contribution is -2.41. The van der Waals surface area contributed by atoms with Crippen molar-refractivity contribution in [1.82, 2.24) is 15.5 Å². The van der Waals surface area contributed by atoms with Crippen LogP contribution in [-0.2, 0) is 9.53 Å². The van der Waals surface area contributed by atoms with Crippen molar-refractivity contribution in [2.24, 2.45) is 5.92 Å². The third kappa shape index (κ3) is 6.89. The van der Waals surface area contributed by atoms with Crippen LogP contribution in [0.2, 0.25) is 0 Å². The molecule has 1 aliphatic rings. The number of nitrogens with zero attached hydrogens (tertiary/aromatic N) is 1. The molecule has 0 bridgehead atoms. The van der Waals surface area contributed by atoms with E-state index in [9.17, 15) is 4.79 Å². The summed E-state index contributed by atoms with van der Waals surface area (Å²) in [5, 5.41) is 6.31. The molecule has 0 spiro atoms. The minimum Gasteiger partial charge on any atom is -0.383 e. The Labute approximate surface area is 117 Å². The van der Waals surface area contributed by atoms with Gasteiger partial charge < -0.3 is 20.3 Å². The molecule has 1 amide bonds. The highest BCUT2D eigenvalue weighted by Gasteiger charge is 2.21. The summed E-state index contributed by atoms with van der Waals surface area (Å²) in [4.78, 5) is 13.9. The van der Waals surface area contributed by atoms with Gasteiger partial charge in [0.1, 0.15) is 0 Å². The molecule has 1 aliphatic heterocycles. The molecule has 0 aromatic heterocycles. The fourth-order valence-corrected chi connectivity index (χ4v) is 2.49. The van der Waals surface area contributed by atoms with E-state index >= 15 is 0 Å². The molecule has 0 aromatic carbocycles. The average Bonchev–Trinajstić information content (AvgIpc) is 2.39. The molecule has 1 unspecified atom stereocenters. The zero-order chi connectivity index (χ0) is 14.1. The Morgan fingerprint density at radius 1 is 1.37 bits per heavy atom. The number of hydrogen-bond donors (Lipinski definition) is 2. The monoisotopic (exact) mass is 271 g/mol. The molecule has 1 atom stereocenters. The van der Waals surface area contributed by atoms with Gasteiger partial charge >= 0.3 is 0 Å². The van der Waals surface area contributed by atoms with Gasteiger partial charge in [-0.25, -0.2) is 0 Å². The third-order valence-corrected chi connectivity index (χ3v) is 3.92. The summed E-state index contributed by atoms with van der Waals surface area (Å²) in [6.45, 7) is 6.54. The van der Waals surface area contributed by atoms with Crippen LogP contribution < -0.4 is 10.6 Å². The quantitative estimate of drug-likeness (QED) is 0.630. The summed E-state index contributed by atoms with van der Waals surface area (Å²) in [6, 6.07) is 0.500. The second kappa shape index (κ2) is 9.28. The maximum atomic E-state index is 11.5. The molecule has 1 fully saturated rings. The predicted molar refractivity (Wildman–Crippen MR) is 77.2 cm³/mol. The van der Waals surface area contributed by atoms with Crippen molar-refractivity contribution < 1.29 is 9.53 Å². The van der Waals surface area contributed by atoms with Crippen molar-refractivity contribution in [2.45, 2.75) is 32.2 Å². The number of carbonyl (C=O) groups excluding carboxylic acids is 1. The first kappa shape index (κ1) is 16.4. The minimum absolute atomic E-state index is 0.0973. The topological polar surface area (TPSA) is 53.6 Å². The highest BCUT2D eigenvalue weighted by Crippen LogP contribution is 2.19. The molecule has 5 nitrogen and oxygen atoms in total. The molecular formula is C14H29N3O2. The van der Waals surface area contributed by atoms with Crippen LogP contribution in [0.25, 0.3) is 0 Å². The average molecular weight is 271 g/mol. The maximum Gasteiger partial charge on any atom is 0.221 e. The van der Waals surface area contributed by atoms with Gasteiger partial charge in [-0.15, -0.1) is 0 Å². The van der Waals surface area contributed by atoms with Crippen molar-refractivity contribution in [3.8, 4) is 0 Å². The van der Waals surface area contributed by atoms with Crippen LogP contribution in [0.15, 0.2) is 0 Å². The van der Waals surface area contributed by atoms with E-state index in [2.05, 4.69) is 29.5 Å². The van der Waals surface area contributed by atoms with Crippen molar-refractivity contribution in [3.63, 3.8) is 0 Å². The summed E-state index contributed by atoms with van der Waals surface area (Å²) in [7, 11) is 3.82. The zero-order valence-electron chi connectivity index (χ0n) is 12.6. The third-order valence-electron chi connectivity index (χ3n) is 3.92. The summed E-state index contributed by atoms with van der Waals surface area (Å²) >= 11 is 0. The number of rotatable bonds is 8. The van der Waals surface area contributed by atoms with Gasteiger partial charge in [-0.3, -0.25) is 4.79 Å². The Morgan fingerprint density at radius 3 is 2.68 bits per heavy atom. The molecule has 0 radical (unpaired) electrons. The van der Waals surface area contributed by atoms with Crippen LogP contribution >= 0.6 is 0 Å². The Hall–Kier alpha value is -0.650. The summed E-state index contributed by atoms with van der Waals surface area (Å²) in [5.74, 6) is 0.841. The molecule has 2 N–H and O–H groups in total. The van der Waals surface area contributed by atoms with Gasteiger partial charge in [-0.05, 0) is 45.8 Å². The number of likely N-dealkylation sites (tertiary alicyclic amines) is 1. The summed E-state index contributed by atoms with van der Waals surface area (Å²) in [6.07, 6.45) is 3.05. The smallest absolute Gasteiger partial charge is 0.221 e. The molecule has 1 heterocycles. The maximum absolute atomic E-state index is 11.5. The number of hydrogen-bond acceptors (Lipinski definition) is 4. The Bertz CT molecular complexity index is 253. The van der Waals surface area contributed by atoms with Crippen LogP contribution in [0, 0.1) is 5.92 Å². The van der Waals surface area contributed by atoms with Gasteiger partial charge in [0, 0.05) is 32.7 Å². The van der Waals surface area contributed by atoms with Crippen LogP contribution in [0.1, 0.15) is 26.2 Å². The largest absolute Gasteiger partial charge is 0.383 e. The van der Waals surface area contributed by atoms with Crippen LogP contribution in [0.5, 0.6) is 0 Å². The lowest BCUT2D eigenvalue weighted by atomic mass is 9.90. The van der Waals surface area contributed by atoms with Crippen molar-refractivity contribution >= 4 is 5.91 Å². The van der Waals surface area contributed by atoms with E-state index < -0.39 is 0 Å². The number of carbonyl (C=O) groups is 1. The minimum atomic E-state index is 0.0973. The van der Waals surface area contributed by atoms with E-state index in [4.69, 9.17) is 4.74 Å². The number of methoxy groups -OCH3 is 1. The molecule has 112 valence electrons. The number of nitrogens with one attached hydrogen (secondary N) is 2. The number of ether oxygens (including phenoxy) is 1. The van der Waals surface area contributed by atoms with Crippen molar-refractivity contribution in [2.75, 3.05) is 46.9 Å². The normalized spacial score (nSPS) is 19.3. The van der Waals surface area contributed by atoms with E-state index in [1.54, 1.807) is 7.11 Å². The lowest BCUT2D eigenvalue weighted by molar-refractivity contribution is -0.121. The standard InChI is InChI=1S/C14H29N3O2/c1-12(13-5-9-17(2)10-6-13)15-7-4-14(18)16-8-11-19-3/h12-13,15H,4-11H2,1-3H3,(H,16,18). The molecule has 1 saturated heterocycles. The SMILES string of the molecule is COCCNC(=O)CCNC(C)C1CCN(C)CC1. The number of amides is 1. The van der Waals surface area contributed by atoms with Crippen LogP contribution in [0.4, 0.5) is 0 Å². The van der Waals surface area contributed by atoms with Crippen LogP contribution in [-0.4, -0.2) is 63.8 Å². The Balaban J connectivity index is 2.06. The summed E-state index contributed by atoms with van der Waals surface area (Å²) < 4.78 is 4.89. The van der Waals surface area contributed by atoms with Gasteiger partial charge in [0.05, 0.1) is 6.61 Å². The molecule has 1 rings (SSSR count). The highest BCUT2D eigenvalue weighted by molar-refractivity contribution is 5.76. The first-order valence-electron chi connectivity index (χ1n) is 7.31. The molecule has 19 heavy (non-hydrogen) atoms. The molecule has 0 aromatic rings. The van der Waals surface area contributed by atoms with Gasteiger partial charge in [0.2, 0.25) is 5.91 Å². The van der Waals surface area contributed by atoms with Gasteiger partial charge in [0.15, 0.2) is 0 Å². The lowest BCUT2D eigenvalue weighted by Gasteiger charge is -2.33. The second-order valence-corrected chi connectivity index (χ2v) is 5.48. The van der Waals surface area contributed by atoms with Gasteiger partial charge in [0.25, 0.3) is 0 Å². The van der Waals surface area contributed by atoms with E-state index in [-0.39, 0.29) is 5.91 Å². The summed E-state index contributed by atoms with van der Waals surface area (Å²) in [5.41, 5.74) is 0. The molecule has 5 heteroatoms. The van der Waals surface area contributed by atoms with Gasteiger partial charge in [-0.1, -0.05) is 0 Å². The van der Waals surface area contributed by atoms with E-state index in [0.717, 1.165) is 12.5 Å².